The van der Waals surface area contributed by atoms with Gasteiger partial charge in [-0.25, -0.2) is 9.97 Å². The molecule has 0 amide bonds. The van der Waals surface area contributed by atoms with Gasteiger partial charge in [0.1, 0.15) is 12.1 Å². The van der Waals surface area contributed by atoms with E-state index in [1.807, 2.05) is 70.1 Å². The number of hydrogen-bond acceptors (Lipinski definition) is 7. The minimum atomic E-state index is -4.57. The van der Waals surface area contributed by atoms with Crippen LogP contribution in [0.3, 0.4) is 0 Å². The van der Waals surface area contributed by atoms with Crippen LogP contribution in [0.5, 0.6) is 0 Å². The number of halogens is 3. The zero-order chi connectivity index (χ0) is 31.3. The van der Waals surface area contributed by atoms with Gasteiger partial charge >= 0.3 is 6.18 Å². The van der Waals surface area contributed by atoms with Gasteiger partial charge in [-0.05, 0) is 82.7 Å². The summed E-state index contributed by atoms with van der Waals surface area (Å²) in [4.78, 5) is 25.8. The first kappa shape index (κ1) is 31.7. The molecule has 0 aliphatic rings. The lowest BCUT2D eigenvalue weighted by atomic mass is 9.98. The van der Waals surface area contributed by atoms with E-state index in [4.69, 9.17) is 0 Å². The number of anilines is 3. The molecule has 0 saturated heterocycles. The Balaban J connectivity index is 1.59. The van der Waals surface area contributed by atoms with Gasteiger partial charge in [-0.15, -0.1) is 0 Å². The van der Waals surface area contributed by atoms with Crippen LogP contribution in [0.4, 0.5) is 30.4 Å². The summed E-state index contributed by atoms with van der Waals surface area (Å²) in [5, 5.41) is 7.98. The molecule has 8 nitrogen and oxygen atoms in total. The van der Waals surface area contributed by atoms with Crippen LogP contribution in [0.2, 0.25) is 0 Å². The number of hydrogen-bond donors (Lipinski definition) is 1. The maximum Gasteiger partial charge on any atom is 0.416 e. The van der Waals surface area contributed by atoms with Crippen LogP contribution in [0.1, 0.15) is 51.8 Å². The minimum Gasteiger partial charge on any atom is -0.375 e. The maximum absolute atomic E-state index is 13.8. The van der Waals surface area contributed by atoms with Crippen molar-refractivity contribution in [2.24, 2.45) is 0 Å². The molecule has 1 N–H and O–H groups in total. The van der Waals surface area contributed by atoms with Crippen molar-refractivity contribution in [3.63, 3.8) is 0 Å². The molecule has 0 aliphatic carbocycles. The Labute approximate surface area is 250 Å². The molecule has 2 heterocycles. The molecule has 0 bridgehead atoms. The third-order valence-corrected chi connectivity index (χ3v) is 7.16. The van der Waals surface area contributed by atoms with Crippen LogP contribution in [0.25, 0.3) is 5.82 Å². The number of carbonyl (C=O) groups is 1. The Hall–Kier alpha value is -4.25. The minimum absolute atomic E-state index is 0.0311. The van der Waals surface area contributed by atoms with Crippen LogP contribution < -0.4 is 10.2 Å². The molecular weight excluding hydrogens is 555 g/mol. The summed E-state index contributed by atoms with van der Waals surface area (Å²) >= 11 is 0. The maximum atomic E-state index is 13.8. The molecule has 0 spiro atoms. The lowest BCUT2D eigenvalue weighted by Crippen LogP contribution is -2.24. The Bertz CT molecular complexity index is 1580. The molecule has 0 aliphatic heterocycles. The smallest absolute Gasteiger partial charge is 0.375 e. The average Bonchev–Trinajstić information content (AvgIpc) is 3.33. The Morgan fingerprint density at radius 2 is 1.74 bits per heavy atom. The van der Waals surface area contributed by atoms with E-state index in [1.165, 1.54) is 6.33 Å². The summed E-state index contributed by atoms with van der Waals surface area (Å²) in [6.07, 6.45) is -1.58. The number of Topliss-reactive ketones (excluding diaryl/α,β-unsaturated/α-hetero) is 1. The highest BCUT2D eigenvalue weighted by molar-refractivity contribution is 5.98. The summed E-state index contributed by atoms with van der Waals surface area (Å²) in [6.45, 7) is 7.20. The summed E-state index contributed by atoms with van der Waals surface area (Å²) in [5.41, 5.74) is 3.59. The zero-order valence-corrected chi connectivity index (χ0v) is 25.5. The molecular formula is C32H38F3N7O. The zero-order valence-electron chi connectivity index (χ0n) is 25.5. The number of aryl methyl sites for hydroxylation is 3. The summed E-state index contributed by atoms with van der Waals surface area (Å²) < 4.78 is 43.1. The first-order valence-corrected chi connectivity index (χ1v) is 14.2. The molecule has 2 aromatic heterocycles. The van der Waals surface area contributed by atoms with Crippen LogP contribution in [-0.2, 0) is 19.0 Å². The topological polar surface area (TPSA) is 79.2 Å². The number of nitrogens with zero attached hydrogens (tertiary/aromatic N) is 6. The number of benzene rings is 2. The van der Waals surface area contributed by atoms with Crippen molar-refractivity contribution in [3.8, 4) is 5.82 Å². The third kappa shape index (κ3) is 8.19. The molecule has 11 heteroatoms. The second-order valence-corrected chi connectivity index (χ2v) is 11.0. The Morgan fingerprint density at radius 1 is 0.977 bits per heavy atom. The number of carbonyl (C=O) groups excluding carboxylic acids is 1. The molecule has 0 fully saturated rings. The van der Waals surface area contributed by atoms with E-state index in [2.05, 4.69) is 20.4 Å². The lowest BCUT2D eigenvalue weighted by molar-refractivity contribution is -0.137. The van der Waals surface area contributed by atoms with E-state index in [0.717, 1.165) is 54.2 Å². The summed E-state index contributed by atoms with van der Waals surface area (Å²) in [6, 6.07) is 12.9. The molecule has 4 rings (SSSR count). The van der Waals surface area contributed by atoms with Gasteiger partial charge in [0.2, 0.25) is 0 Å². The van der Waals surface area contributed by atoms with Crippen molar-refractivity contribution in [2.75, 3.05) is 44.4 Å². The average molecular weight is 594 g/mol. The van der Waals surface area contributed by atoms with Gasteiger partial charge in [0, 0.05) is 54.8 Å². The van der Waals surface area contributed by atoms with Gasteiger partial charge in [0.15, 0.2) is 11.6 Å². The third-order valence-electron chi connectivity index (χ3n) is 7.16. The number of aromatic nitrogens is 4. The van der Waals surface area contributed by atoms with Crippen LogP contribution in [0, 0.1) is 13.8 Å². The fourth-order valence-corrected chi connectivity index (χ4v) is 4.71. The molecule has 0 saturated carbocycles. The quantitative estimate of drug-likeness (QED) is 0.190. The van der Waals surface area contributed by atoms with Crippen molar-refractivity contribution in [2.45, 2.75) is 46.2 Å². The fraction of sp³-hybridized carbons (Fsp3) is 0.375. The standard InChI is InChI=1S/C32H38F3N7O/c1-7-26-19-30(37-20-36-26)42-31(13-22(3)39-42)38-28-14-23(10-9-21(28)2)15-29(43)24-16-25(32(33,34)35)18-27(17-24)41(6)12-8-11-40(4)5/h9-10,13-14,16-20,38H,7-8,11-12,15H2,1-6H3. The highest BCUT2D eigenvalue weighted by atomic mass is 19.4. The fourth-order valence-electron chi connectivity index (χ4n) is 4.71. The second kappa shape index (κ2) is 13.4. The Kier molecular flexibility index (Phi) is 9.85. The van der Waals surface area contributed by atoms with Gasteiger partial charge in [-0.2, -0.15) is 23.0 Å². The van der Waals surface area contributed by atoms with Crippen LogP contribution >= 0.6 is 0 Å². The van der Waals surface area contributed by atoms with Gasteiger partial charge in [-0.3, -0.25) is 4.79 Å². The summed E-state index contributed by atoms with van der Waals surface area (Å²) in [7, 11) is 5.64. The highest BCUT2D eigenvalue weighted by Crippen LogP contribution is 2.33. The van der Waals surface area contributed by atoms with E-state index in [1.54, 1.807) is 22.7 Å². The SMILES string of the molecule is CCc1cc(-n2nc(C)cc2Nc2cc(CC(=O)c3cc(N(C)CCCN(C)C)cc(C(F)(F)F)c3)ccc2C)ncn1. The molecule has 2 aromatic carbocycles. The highest BCUT2D eigenvalue weighted by Gasteiger charge is 2.32. The van der Waals surface area contributed by atoms with E-state index in [-0.39, 0.29) is 12.0 Å². The first-order chi connectivity index (χ1) is 20.3. The van der Waals surface area contributed by atoms with E-state index in [9.17, 15) is 18.0 Å². The van der Waals surface area contributed by atoms with E-state index in [0.29, 0.717) is 29.4 Å². The van der Waals surface area contributed by atoms with Gasteiger partial charge in [-0.1, -0.05) is 19.1 Å². The van der Waals surface area contributed by atoms with E-state index >= 15 is 0 Å². The molecule has 0 atom stereocenters. The largest absolute Gasteiger partial charge is 0.416 e. The second-order valence-electron chi connectivity index (χ2n) is 11.0. The van der Waals surface area contributed by atoms with Gasteiger partial charge < -0.3 is 15.1 Å². The molecule has 228 valence electrons. The van der Waals surface area contributed by atoms with Crippen molar-refractivity contribution >= 4 is 23.0 Å². The van der Waals surface area contributed by atoms with Crippen molar-refractivity contribution in [1.82, 2.24) is 24.6 Å². The molecule has 0 unspecified atom stereocenters. The van der Waals surface area contributed by atoms with Crippen LogP contribution in [-0.4, -0.2) is 64.7 Å². The predicted octanol–water partition coefficient (Wildman–Crippen LogP) is 6.42. The van der Waals surface area contributed by atoms with Gasteiger partial charge in [0.05, 0.1) is 11.3 Å². The van der Waals surface area contributed by atoms with Crippen molar-refractivity contribution in [1.29, 1.82) is 0 Å². The first-order valence-electron chi connectivity index (χ1n) is 14.2. The van der Waals surface area contributed by atoms with Crippen molar-refractivity contribution in [3.05, 3.63) is 88.5 Å². The van der Waals surface area contributed by atoms with Crippen molar-refractivity contribution < 1.29 is 18.0 Å². The Morgan fingerprint density at radius 3 is 2.44 bits per heavy atom. The molecule has 4 aromatic rings. The van der Waals surface area contributed by atoms with Crippen LogP contribution in [0.15, 0.2) is 54.9 Å². The lowest BCUT2D eigenvalue weighted by Gasteiger charge is -2.22. The molecule has 0 radical (unpaired) electrons. The predicted molar refractivity (Wildman–Crippen MR) is 164 cm³/mol. The summed E-state index contributed by atoms with van der Waals surface area (Å²) in [5.74, 6) is 0.918. The number of ketones is 1. The number of rotatable bonds is 12. The number of alkyl halides is 3. The monoisotopic (exact) mass is 593 g/mol. The van der Waals surface area contributed by atoms with Gasteiger partial charge in [0.25, 0.3) is 0 Å². The number of nitrogens with one attached hydrogen (secondary N) is 1. The molecule has 43 heavy (non-hydrogen) atoms. The van der Waals surface area contributed by atoms with E-state index < -0.39 is 17.5 Å². The normalized spacial score (nSPS) is 11.7.